The zero-order valence-corrected chi connectivity index (χ0v) is 11.2. The fraction of sp³-hybridized carbons (Fsp3) is 0.385. The normalized spacial score (nSPS) is 22.4. The van der Waals surface area contributed by atoms with Crippen molar-refractivity contribution in [1.82, 2.24) is 9.62 Å². The Morgan fingerprint density at radius 1 is 1.33 bits per heavy atom. The van der Waals surface area contributed by atoms with E-state index in [0.717, 1.165) is 5.56 Å². The van der Waals surface area contributed by atoms with Gasteiger partial charge in [0.05, 0.1) is 0 Å². The summed E-state index contributed by atoms with van der Waals surface area (Å²) in [6.45, 7) is 3.76. The molecule has 1 fully saturated rings. The number of rotatable bonds is 3. The van der Waals surface area contributed by atoms with Gasteiger partial charge in [-0.15, -0.1) is 0 Å². The summed E-state index contributed by atoms with van der Waals surface area (Å²) in [4.78, 5) is 0. The van der Waals surface area contributed by atoms with Crippen molar-refractivity contribution in [2.24, 2.45) is 0 Å². The van der Waals surface area contributed by atoms with Crippen molar-refractivity contribution >= 4 is 16.1 Å². The second-order valence-corrected chi connectivity index (χ2v) is 6.29. The molecule has 1 N–H and O–H groups in total. The molecule has 0 aromatic heterocycles. The number of hydrogen-bond acceptors (Lipinski definition) is 3. The van der Waals surface area contributed by atoms with Crippen molar-refractivity contribution in [3.8, 4) is 0 Å². The Hall–Kier alpha value is -1.17. The van der Waals surface area contributed by atoms with E-state index in [9.17, 15) is 8.42 Å². The SMILES string of the molecule is C[C@@H]1CN(S(=O)(=O)/C=C/c2ccccc2)CCN1. The molecular formula is C13H18N2O2S. The summed E-state index contributed by atoms with van der Waals surface area (Å²) in [6, 6.07) is 9.65. The van der Waals surface area contributed by atoms with Crippen LogP contribution in [0.2, 0.25) is 0 Å². The van der Waals surface area contributed by atoms with Gasteiger partial charge in [-0.05, 0) is 18.6 Å². The zero-order chi connectivity index (χ0) is 13.0. The Kier molecular flexibility index (Phi) is 4.16. The quantitative estimate of drug-likeness (QED) is 0.896. The molecule has 1 aromatic carbocycles. The molecule has 0 unspecified atom stereocenters. The number of nitrogens with zero attached hydrogens (tertiary/aromatic N) is 1. The molecule has 0 aliphatic carbocycles. The predicted molar refractivity (Wildman–Crippen MR) is 73.4 cm³/mol. The average molecular weight is 266 g/mol. The Balaban J connectivity index is 2.09. The van der Waals surface area contributed by atoms with Crippen molar-refractivity contribution in [3.05, 3.63) is 41.3 Å². The van der Waals surface area contributed by atoms with Crippen LogP contribution in [-0.4, -0.2) is 38.4 Å². The van der Waals surface area contributed by atoms with Gasteiger partial charge in [-0.3, -0.25) is 0 Å². The summed E-state index contributed by atoms with van der Waals surface area (Å²) in [5, 5.41) is 4.52. The van der Waals surface area contributed by atoms with Gasteiger partial charge in [0.15, 0.2) is 0 Å². The molecule has 18 heavy (non-hydrogen) atoms. The third-order valence-corrected chi connectivity index (χ3v) is 4.45. The molecule has 0 radical (unpaired) electrons. The van der Waals surface area contributed by atoms with Crippen LogP contribution in [0, 0.1) is 0 Å². The van der Waals surface area contributed by atoms with Gasteiger partial charge >= 0.3 is 0 Å². The zero-order valence-electron chi connectivity index (χ0n) is 10.4. The van der Waals surface area contributed by atoms with Crippen molar-refractivity contribution in [2.45, 2.75) is 13.0 Å². The molecule has 98 valence electrons. The van der Waals surface area contributed by atoms with Crippen molar-refractivity contribution in [1.29, 1.82) is 0 Å². The molecule has 0 bridgehead atoms. The van der Waals surface area contributed by atoms with Crippen LogP contribution in [0.25, 0.3) is 6.08 Å². The van der Waals surface area contributed by atoms with Gasteiger partial charge in [0, 0.05) is 31.1 Å². The molecule has 1 aliphatic rings. The highest BCUT2D eigenvalue weighted by Crippen LogP contribution is 2.10. The first kappa shape index (κ1) is 13.3. The van der Waals surface area contributed by atoms with E-state index >= 15 is 0 Å². The summed E-state index contributed by atoms with van der Waals surface area (Å²) in [6.07, 6.45) is 1.64. The van der Waals surface area contributed by atoms with Gasteiger partial charge in [-0.25, -0.2) is 8.42 Å². The molecule has 1 heterocycles. The fourth-order valence-corrected chi connectivity index (χ4v) is 3.22. The van der Waals surface area contributed by atoms with Crippen LogP contribution in [0.5, 0.6) is 0 Å². The first-order chi connectivity index (χ1) is 8.58. The average Bonchev–Trinajstić information content (AvgIpc) is 2.38. The number of piperazine rings is 1. The first-order valence-corrected chi connectivity index (χ1v) is 7.55. The molecule has 1 saturated heterocycles. The summed E-state index contributed by atoms with van der Waals surface area (Å²) < 4.78 is 25.8. The van der Waals surface area contributed by atoms with E-state index in [-0.39, 0.29) is 6.04 Å². The molecule has 0 saturated carbocycles. The number of nitrogens with one attached hydrogen (secondary N) is 1. The van der Waals surface area contributed by atoms with Gasteiger partial charge in [-0.2, -0.15) is 4.31 Å². The van der Waals surface area contributed by atoms with E-state index in [1.54, 1.807) is 6.08 Å². The maximum Gasteiger partial charge on any atom is 0.236 e. The number of sulfonamides is 1. The van der Waals surface area contributed by atoms with Crippen LogP contribution >= 0.6 is 0 Å². The largest absolute Gasteiger partial charge is 0.312 e. The van der Waals surface area contributed by atoms with Crippen LogP contribution in [0.15, 0.2) is 35.7 Å². The Labute approximate surface area is 108 Å². The minimum absolute atomic E-state index is 0.207. The van der Waals surface area contributed by atoms with Gasteiger partial charge in [-0.1, -0.05) is 30.3 Å². The molecule has 0 spiro atoms. The third-order valence-electron chi connectivity index (χ3n) is 2.92. The minimum Gasteiger partial charge on any atom is -0.312 e. The van der Waals surface area contributed by atoms with Crippen LogP contribution in [-0.2, 0) is 10.0 Å². The topological polar surface area (TPSA) is 49.4 Å². The van der Waals surface area contributed by atoms with E-state index < -0.39 is 10.0 Å². The van der Waals surface area contributed by atoms with Crippen molar-refractivity contribution in [3.63, 3.8) is 0 Å². The molecule has 4 nitrogen and oxygen atoms in total. The predicted octanol–water partition coefficient (Wildman–Crippen LogP) is 1.28. The molecule has 1 aromatic rings. The highest BCUT2D eigenvalue weighted by atomic mass is 32.2. The molecule has 0 amide bonds. The molecule has 1 atom stereocenters. The van der Waals surface area contributed by atoms with Gasteiger partial charge in [0.1, 0.15) is 0 Å². The summed E-state index contributed by atoms with van der Waals surface area (Å²) in [5.74, 6) is 0. The summed E-state index contributed by atoms with van der Waals surface area (Å²) in [5.41, 5.74) is 0.893. The molecular weight excluding hydrogens is 248 g/mol. The maximum absolute atomic E-state index is 12.1. The smallest absolute Gasteiger partial charge is 0.236 e. The van der Waals surface area contributed by atoms with E-state index in [1.807, 2.05) is 37.3 Å². The van der Waals surface area contributed by atoms with Crippen LogP contribution in [0.3, 0.4) is 0 Å². The summed E-state index contributed by atoms with van der Waals surface area (Å²) >= 11 is 0. The first-order valence-electron chi connectivity index (χ1n) is 6.04. The fourth-order valence-electron chi connectivity index (χ4n) is 1.94. The lowest BCUT2D eigenvalue weighted by Gasteiger charge is -2.29. The van der Waals surface area contributed by atoms with Gasteiger partial charge < -0.3 is 5.32 Å². The van der Waals surface area contributed by atoms with E-state index in [4.69, 9.17) is 0 Å². The maximum atomic E-state index is 12.1. The van der Waals surface area contributed by atoms with Gasteiger partial charge in [0.25, 0.3) is 0 Å². The van der Waals surface area contributed by atoms with Crippen molar-refractivity contribution < 1.29 is 8.42 Å². The highest BCUT2D eigenvalue weighted by Gasteiger charge is 2.24. The number of benzene rings is 1. The highest BCUT2D eigenvalue weighted by molar-refractivity contribution is 7.92. The van der Waals surface area contributed by atoms with Crippen LogP contribution in [0.4, 0.5) is 0 Å². The van der Waals surface area contributed by atoms with E-state index in [0.29, 0.717) is 19.6 Å². The Morgan fingerprint density at radius 2 is 2.06 bits per heavy atom. The third kappa shape index (κ3) is 3.41. The number of hydrogen-bond donors (Lipinski definition) is 1. The second kappa shape index (κ2) is 5.65. The monoisotopic (exact) mass is 266 g/mol. The lowest BCUT2D eigenvalue weighted by atomic mass is 10.2. The Bertz CT molecular complexity index is 511. The van der Waals surface area contributed by atoms with Crippen molar-refractivity contribution in [2.75, 3.05) is 19.6 Å². The minimum atomic E-state index is -3.30. The lowest BCUT2D eigenvalue weighted by Crippen LogP contribution is -2.50. The van der Waals surface area contributed by atoms with Crippen LogP contribution < -0.4 is 5.32 Å². The van der Waals surface area contributed by atoms with E-state index in [1.165, 1.54) is 9.71 Å². The lowest BCUT2D eigenvalue weighted by molar-refractivity contribution is 0.313. The molecule has 5 heteroatoms. The second-order valence-electron chi connectivity index (χ2n) is 4.47. The summed E-state index contributed by atoms with van der Waals surface area (Å²) in [7, 11) is -3.30. The van der Waals surface area contributed by atoms with Crippen LogP contribution in [0.1, 0.15) is 12.5 Å². The molecule has 2 rings (SSSR count). The Morgan fingerprint density at radius 3 is 2.72 bits per heavy atom. The van der Waals surface area contributed by atoms with Gasteiger partial charge in [0.2, 0.25) is 10.0 Å². The standard InChI is InChI=1S/C13H18N2O2S/c1-12-11-15(9-8-14-12)18(16,17)10-7-13-5-3-2-4-6-13/h2-7,10,12,14H,8-9,11H2,1H3/b10-7+/t12-/m1/s1. The van der Waals surface area contributed by atoms with E-state index in [2.05, 4.69) is 5.32 Å². The molecule has 1 aliphatic heterocycles.